The highest BCUT2D eigenvalue weighted by Crippen LogP contribution is 2.36. The Kier molecular flexibility index (Phi) is 15.2. The van der Waals surface area contributed by atoms with E-state index >= 15 is 0 Å². The zero-order valence-electron chi connectivity index (χ0n) is 43.2. The third-order valence-corrected chi connectivity index (χ3v) is 13.5. The zero-order chi connectivity index (χ0) is 51.5. The highest BCUT2D eigenvalue weighted by atomic mass is 15.0. The molecule has 0 atom stereocenters. The molecule has 3 N–H and O–H groups in total. The molecule has 0 amide bonds. The zero-order valence-corrected chi connectivity index (χ0v) is 43.2. The van der Waals surface area contributed by atoms with E-state index < -0.39 is 0 Å². The molecule has 2 aromatic heterocycles. The van der Waals surface area contributed by atoms with Crippen LogP contribution in [0.2, 0.25) is 0 Å². The SMILES string of the molecule is CC.CCC.NC(=N/C(=C\Cc1ccc(-c2cc3ccccc3c3ccccc23)cc1)c1ccc(-c2cccc(-n3c4ccccc4c4ccccc43)c2)cc1)c1ccccc1.c1ccc2c(c1)[nH]c1ccccc12. The molecule has 2 heterocycles. The van der Waals surface area contributed by atoms with Crippen molar-refractivity contribution in [2.75, 3.05) is 0 Å². The lowest BCUT2D eigenvalue weighted by molar-refractivity contribution is 1.09. The van der Waals surface area contributed by atoms with Crippen LogP contribution in [-0.4, -0.2) is 15.4 Å². The Bertz CT molecular complexity index is 4000. The normalized spacial score (nSPS) is 11.5. The molecule has 0 aliphatic carbocycles. The van der Waals surface area contributed by atoms with E-state index in [4.69, 9.17) is 10.7 Å². The van der Waals surface area contributed by atoms with E-state index in [0.29, 0.717) is 12.3 Å². The topological polar surface area (TPSA) is 59.1 Å². The highest BCUT2D eigenvalue weighted by molar-refractivity contribution is 6.14. The monoisotopic (exact) mass is 970 g/mol. The van der Waals surface area contributed by atoms with Crippen LogP contribution in [0.25, 0.3) is 98.8 Å². The number of H-pyrrole nitrogens is 1. The van der Waals surface area contributed by atoms with Gasteiger partial charge in [0, 0.05) is 43.8 Å². The van der Waals surface area contributed by atoms with Crippen molar-refractivity contribution in [1.29, 1.82) is 0 Å². The summed E-state index contributed by atoms with van der Waals surface area (Å²) in [5.74, 6) is 0.489. The Labute approximate surface area is 440 Å². The van der Waals surface area contributed by atoms with Gasteiger partial charge in [0.1, 0.15) is 5.84 Å². The second-order valence-corrected chi connectivity index (χ2v) is 18.5. The number of fused-ring (bicyclic) bond motifs is 9. The van der Waals surface area contributed by atoms with Gasteiger partial charge in [-0.3, -0.25) is 0 Å². The van der Waals surface area contributed by atoms with Gasteiger partial charge in [-0.1, -0.05) is 253 Å². The van der Waals surface area contributed by atoms with Crippen LogP contribution in [0.15, 0.2) is 266 Å². The van der Waals surface area contributed by atoms with Gasteiger partial charge in [-0.2, -0.15) is 0 Å². The number of para-hydroxylation sites is 4. The Morgan fingerprint density at radius 3 is 1.57 bits per heavy atom. The molecule has 0 aliphatic rings. The van der Waals surface area contributed by atoms with Crippen molar-refractivity contribution in [3.63, 3.8) is 0 Å². The van der Waals surface area contributed by atoms with E-state index in [1.54, 1.807) is 0 Å². The van der Waals surface area contributed by atoms with Crippen molar-refractivity contribution in [2.24, 2.45) is 10.7 Å². The van der Waals surface area contributed by atoms with Crippen LogP contribution in [0.5, 0.6) is 0 Å². The molecule has 75 heavy (non-hydrogen) atoms. The molecule has 0 fully saturated rings. The van der Waals surface area contributed by atoms with E-state index in [9.17, 15) is 0 Å². The molecule has 0 saturated carbocycles. The van der Waals surface area contributed by atoms with Gasteiger partial charge in [0.2, 0.25) is 0 Å². The highest BCUT2D eigenvalue weighted by Gasteiger charge is 2.14. The van der Waals surface area contributed by atoms with Crippen molar-refractivity contribution >= 4 is 76.7 Å². The van der Waals surface area contributed by atoms with Crippen molar-refractivity contribution in [3.05, 3.63) is 278 Å². The first kappa shape index (κ1) is 49.3. The second kappa shape index (κ2) is 23.1. The molecular weight excluding hydrogens is 909 g/mol. The number of hydrogen-bond donors (Lipinski definition) is 2. The van der Waals surface area contributed by atoms with Crippen LogP contribution in [-0.2, 0) is 6.42 Å². The van der Waals surface area contributed by atoms with E-state index in [0.717, 1.165) is 33.6 Å². The van der Waals surface area contributed by atoms with E-state index in [2.05, 4.69) is 254 Å². The number of nitrogens with one attached hydrogen (secondary N) is 1. The largest absolute Gasteiger partial charge is 0.383 e. The fourth-order valence-electron chi connectivity index (χ4n) is 10.0. The maximum atomic E-state index is 6.64. The van der Waals surface area contributed by atoms with Gasteiger partial charge in [-0.05, 0) is 104 Å². The number of nitrogens with zero attached hydrogens (tertiary/aromatic N) is 2. The van der Waals surface area contributed by atoms with Crippen LogP contribution in [0.4, 0.5) is 0 Å². The summed E-state index contributed by atoms with van der Waals surface area (Å²) in [7, 11) is 0. The summed E-state index contributed by atoms with van der Waals surface area (Å²) in [6.07, 6.45) is 4.15. The number of aromatic amines is 1. The van der Waals surface area contributed by atoms with E-state index in [-0.39, 0.29) is 0 Å². The maximum absolute atomic E-state index is 6.64. The molecule has 4 heteroatoms. The molecule has 0 saturated heterocycles. The molecule has 0 aliphatic heterocycles. The number of aliphatic imine (C=N–C) groups is 1. The summed E-state index contributed by atoms with van der Waals surface area (Å²) < 4.78 is 2.36. The molecule has 366 valence electrons. The minimum atomic E-state index is 0.489. The van der Waals surface area contributed by atoms with Crippen molar-refractivity contribution < 1.29 is 0 Å². The molecule has 0 unspecified atom stereocenters. The lowest BCUT2D eigenvalue weighted by Crippen LogP contribution is -2.13. The maximum Gasteiger partial charge on any atom is 0.131 e. The quantitative estimate of drug-likeness (QED) is 0.0890. The number of rotatable bonds is 8. The molecule has 4 nitrogen and oxygen atoms in total. The third kappa shape index (κ3) is 10.5. The lowest BCUT2D eigenvalue weighted by atomic mass is 9.93. The summed E-state index contributed by atoms with van der Waals surface area (Å²) >= 11 is 0. The predicted molar refractivity (Wildman–Crippen MR) is 325 cm³/mol. The molecule has 13 aromatic rings. The number of hydrogen-bond acceptors (Lipinski definition) is 1. The summed E-state index contributed by atoms with van der Waals surface area (Å²) in [6, 6.07) is 90.0. The van der Waals surface area contributed by atoms with Gasteiger partial charge in [0.25, 0.3) is 0 Å². The lowest BCUT2D eigenvalue weighted by Gasteiger charge is -2.12. The standard InChI is InChI=1S/C54H39N3.C12H9N.C3H8.C2H6/c55-54(41-13-2-1-3-14-41)56-51(34-27-37-25-28-39(29-26-37)50-36-43-15-4-5-18-45(43)46-19-6-7-20-47(46)50)40-32-30-38(31-33-40)42-16-12-17-44(35-42)57-52-23-10-8-21-48(52)49-22-9-11-24-53(49)57;1-3-7-11-9(5-1)10-6-2-4-8-12(10)13-11;1-3-2;1-2/h1-26,28-36H,27H2,(H2,55,56);1-8,13H;3H2,1-2H3;1-2H3/b51-34-;;;. The summed E-state index contributed by atoms with van der Waals surface area (Å²) in [5, 5.41) is 10.2. The molecule has 13 rings (SSSR count). The first-order valence-electron chi connectivity index (χ1n) is 26.3. The predicted octanol–water partition coefficient (Wildman–Crippen LogP) is 19.2. The summed E-state index contributed by atoms with van der Waals surface area (Å²) in [4.78, 5) is 8.40. The van der Waals surface area contributed by atoms with Crippen molar-refractivity contribution in [2.45, 2.75) is 40.5 Å². The van der Waals surface area contributed by atoms with Gasteiger partial charge in [0.15, 0.2) is 0 Å². The molecule has 0 radical (unpaired) electrons. The van der Waals surface area contributed by atoms with Crippen LogP contribution in [0, 0.1) is 0 Å². The number of aromatic nitrogens is 2. The molecule has 11 aromatic carbocycles. The van der Waals surface area contributed by atoms with Gasteiger partial charge in [0.05, 0.1) is 16.7 Å². The number of amidine groups is 1. The second-order valence-electron chi connectivity index (χ2n) is 18.5. The van der Waals surface area contributed by atoms with Crippen LogP contribution in [0.1, 0.15) is 50.8 Å². The molecular formula is C71H62N4. The first-order chi connectivity index (χ1) is 37.0. The van der Waals surface area contributed by atoms with Crippen molar-refractivity contribution in [1.82, 2.24) is 9.55 Å². The number of benzene rings is 11. The van der Waals surface area contributed by atoms with Crippen LogP contribution < -0.4 is 5.73 Å². The summed E-state index contributed by atoms with van der Waals surface area (Å²) in [5.41, 5.74) is 21.3. The average Bonchev–Trinajstić information content (AvgIpc) is 4.06. The molecule has 0 bridgehead atoms. The van der Waals surface area contributed by atoms with Gasteiger partial charge in [-0.25, -0.2) is 4.99 Å². The Morgan fingerprint density at radius 1 is 0.440 bits per heavy atom. The van der Waals surface area contributed by atoms with E-state index in [1.165, 1.54) is 88.3 Å². The Morgan fingerprint density at radius 2 is 0.947 bits per heavy atom. The first-order valence-corrected chi connectivity index (χ1v) is 26.3. The average molecular weight is 971 g/mol. The third-order valence-electron chi connectivity index (χ3n) is 13.5. The van der Waals surface area contributed by atoms with Gasteiger partial charge < -0.3 is 15.3 Å². The Hall–Kier alpha value is -9.25. The van der Waals surface area contributed by atoms with Gasteiger partial charge >= 0.3 is 0 Å². The minimum absolute atomic E-state index is 0.489. The number of nitrogens with two attached hydrogens (primary N) is 1. The Balaban J connectivity index is 0.000000302. The minimum Gasteiger partial charge on any atom is -0.383 e. The van der Waals surface area contributed by atoms with Crippen molar-refractivity contribution in [3.8, 4) is 27.9 Å². The van der Waals surface area contributed by atoms with Gasteiger partial charge in [-0.15, -0.1) is 0 Å². The van der Waals surface area contributed by atoms with E-state index in [1.807, 2.05) is 44.2 Å². The van der Waals surface area contributed by atoms with Crippen LogP contribution in [0.3, 0.4) is 0 Å². The smallest absolute Gasteiger partial charge is 0.131 e. The van der Waals surface area contributed by atoms with Crippen LogP contribution >= 0.6 is 0 Å². The summed E-state index contributed by atoms with van der Waals surface area (Å²) in [6.45, 7) is 8.25. The molecule has 0 spiro atoms. The number of allylic oxidation sites excluding steroid dienone is 1. The fourth-order valence-corrected chi connectivity index (χ4v) is 10.0. The fraction of sp³-hybridized carbons (Fsp3) is 0.0845.